The number of benzene rings is 2. The zero-order valence-electron chi connectivity index (χ0n) is 14.8. The molecule has 3 N–H and O–H groups in total. The average Bonchev–Trinajstić information content (AvgIpc) is 2.64. The van der Waals surface area contributed by atoms with E-state index in [0.29, 0.717) is 41.7 Å². The van der Waals surface area contributed by atoms with E-state index in [1.807, 2.05) is 6.07 Å². The van der Waals surface area contributed by atoms with Crippen LogP contribution in [0.5, 0.6) is 11.5 Å². The van der Waals surface area contributed by atoms with Crippen LogP contribution in [-0.4, -0.2) is 30.2 Å². The van der Waals surface area contributed by atoms with Crippen molar-refractivity contribution in [2.45, 2.75) is 25.7 Å². The molecule has 0 aliphatic carbocycles. The number of primary amides is 1. The lowest BCUT2D eigenvalue weighted by Gasteiger charge is -2.11. The maximum Gasteiger partial charge on any atom is 0.303 e. The Bertz CT molecular complexity index is 794. The van der Waals surface area contributed by atoms with Crippen LogP contribution in [0.4, 0.5) is 0 Å². The number of hydrogen-bond donors (Lipinski definition) is 2. The van der Waals surface area contributed by atoms with E-state index in [-0.39, 0.29) is 6.42 Å². The van der Waals surface area contributed by atoms with Gasteiger partial charge >= 0.3 is 5.97 Å². The fourth-order valence-electron chi connectivity index (χ4n) is 2.43. The molecule has 0 radical (unpaired) electrons. The molecule has 0 saturated carbocycles. The molecule has 0 atom stereocenters. The van der Waals surface area contributed by atoms with Crippen LogP contribution >= 0.6 is 11.6 Å². The molecule has 0 saturated heterocycles. The molecule has 0 aliphatic heterocycles. The smallest absolute Gasteiger partial charge is 0.303 e. The Morgan fingerprint density at radius 3 is 2.30 bits per heavy atom. The van der Waals surface area contributed by atoms with E-state index >= 15 is 0 Å². The first-order valence-corrected chi connectivity index (χ1v) is 9.00. The number of carboxylic acid groups (broad SMARTS) is 1. The minimum Gasteiger partial charge on any atom is -0.493 e. The van der Waals surface area contributed by atoms with Gasteiger partial charge in [0, 0.05) is 6.42 Å². The molecule has 144 valence electrons. The van der Waals surface area contributed by atoms with Gasteiger partial charge in [-0.05, 0) is 49.1 Å². The standard InChI is InChI=1S/C20H22ClNO5/c21-16-13-14(8-10-19(23)24)7-9-18(16)27-12-4-3-11-26-17-6-2-1-5-15(17)20(22)25/h1-2,5-7,9,13H,3-4,8,10-12H2,(H2,22,25)(H,23,24). The minimum atomic E-state index is -0.841. The third-order valence-corrected chi connectivity index (χ3v) is 4.13. The molecule has 2 rings (SSSR count). The summed E-state index contributed by atoms with van der Waals surface area (Å²) >= 11 is 6.17. The van der Waals surface area contributed by atoms with E-state index in [1.165, 1.54) is 0 Å². The van der Waals surface area contributed by atoms with Crippen molar-refractivity contribution in [2.75, 3.05) is 13.2 Å². The number of para-hydroxylation sites is 1. The highest BCUT2D eigenvalue weighted by Crippen LogP contribution is 2.26. The van der Waals surface area contributed by atoms with Crippen molar-refractivity contribution in [2.24, 2.45) is 5.73 Å². The summed E-state index contributed by atoms with van der Waals surface area (Å²) in [6, 6.07) is 12.1. The summed E-state index contributed by atoms with van der Waals surface area (Å²) in [7, 11) is 0. The molecule has 27 heavy (non-hydrogen) atoms. The number of carboxylic acids is 1. The predicted molar refractivity (Wildman–Crippen MR) is 103 cm³/mol. The van der Waals surface area contributed by atoms with Crippen molar-refractivity contribution in [3.63, 3.8) is 0 Å². The summed E-state index contributed by atoms with van der Waals surface area (Å²) in [5, 5.41) is 9.17. The van der Waals surface area contributed by atoms with Gasteiger partial charge in [-0.15, -0.1) is 0 Å². The number of hydrogen-bond acceptors (Lipinski definition) is 4. The SMILES string of the molecule is NC(=O)c1ccccc1OCCCCOc1ccc(CCC(=O)O)cc1Cl. The summed E-state index contributed by atoms with van der Waals surface area (Å²) in [5.41, 5.74) is 6.53. The van der Waals surface area contributed by atoms with Crippen LogP contribution in [0.1, 0.15) is 35.2 Å². The highest BCUT2D eigenvalue weighted by atomic mass is 35.5. The van der Waals surface area contributed by atoms with Gasteiger partial charge in [-0.1, -0.05) is 29.8 Å². The highest BCUT2D eigenvalue weighted by Gasteiger charge is 2.08. The van der Waals surface area contributed by atoms with Crippen molar-refractivity contribution in [1.29, 1.82) is 0 Å². The van der Waals surface area contributed by atoms with Gasteiger partial charge in [-0.3, -0.25) is 9.59 Å². The number of aliphatic carboxylic acids is 1. The van der Waals surface area contributed by atoms with Gasteiger partial charge in [-0.25, -0.2) is 0 Å². The van der Waals surface area contributed by atoms with Crippen LogP contribution in [-0.2, 0) is 11.2 Å². The van der Waals surface area contributed by atoms with Crippen LogP contribution in [0.2, 0.25) is 5.02 Å². The number of ether oxygens (including phenoxy) is 2. The van der Waals surface area contributed by atoms with Gasteiger partial charge in [0.05, 0.1) is 23.8 Å². The van der Waals surface area contributed by atoms with Crippen LogP contribution in [0.15, 0.2) is 42.5 Å². The Labute approximate surface area is 162 Å². The molecule has 0 heterocycles. The molecule has 0 fully saturated rings. The lowest BCUT2D eigenvalue weighted by molar-refractivity contribution is -0.136. The third kappa shape index (κ3) is 6.83. The molecule has 6 nitrogen and oxygen atoms in total. The molecule has 7 heteroatoms. The maximum atomic E-state index is 11.3. The number of rotatable bonds is 11. The quantitative estimate of drug-likeness (QED) is 0.569. The highest BCUT2D eigenvalue weighted by molar-refractivity contribution is 6.32. The zero-order valence-corrected chi connectivity index (χ0v) is 15.6. The fourth-order valence-corrected chi connectivity index (χ4v) is 2.69. The second kappa shape index (κ2) is 10.4. The predicted octanol–water partition coefficient (Wildman–Crippen LogP) is 3.69. The Morgan fingerprint density at radius 1 is 1.00 bits per heavy atom. The van der Waals surface area contributed by atoms with E-state index in [1.54, 1.807) is 36.4 Å². The number of unbranched alkanes of at least 4 members (excludes halogenated alkanes) is 1. The third-order valence-electron chi connectivity index (χ3n) is 3.83. The van der Waals surface area contributed by atoms with Gasteiger partial charge in [0.2, 0.25) is 0 Å². The Morgan fingerprint density at radius 2 is 1.67 bits per heavy atom. The number of halogens is 1. The zero-order chi connectivity index (χ0) is 19.6. The molecule has 0 aliphatic rings. The summed E-state index contributed by atoms with van der Waals surface area (Å²) in [4.78, 5) is 21.9. The first-order valence-electron chi connectivity index (χ1n) is 8.62. The molecular weight excluding hydrogens is 370 g/mol. The topological polar surface area (TPSA) is 98.9 Å². The first-order chi connectivity index (χ1) is 13.0. The van der Waals surface area contributed by atoms with Crippen molar-refractivity contribution in [1.82, 2.24) is 0 Å². The van der Waals surface area contributed by atoms with Crippen molar-refractivity contribution >= 4 is 23.5 Å². The summed E-state index contributed by atoms with van der Waals surface area (Å²) < 4.78 is 11.3. The Kier molecular flexibility index (Phi) is 7.95. The number of aryl methyl sites for hydroxylation is 1. The van der Waals surface area contributed by atoms with Gasteiger partial charge in [0.25, 0.3) is 5.91 Å². The molecule has 0 aromatic heterocycles. The van der Waals surface area contributed by atoms with E-state index < -0.39 is 11.9 Å². The van der Waals surface area contributed by atoms with Crippen molar-refractivity contribution < 1.29 is 24.2 Å². The summed E-state index contributed by atoms with van der Waals surface area (Å²) in [6.07, 6.45) is 1.98. The summed E-state index contributed by atoms with van der Waals surface area (Å²) in [5.74, 6) is -0.316. The number of nitrogens with two attached hydrogens (primary N) is 1. The number of carbonyl (C=O) groups excluding carboxylic acids is 1. The monoisotopic (exact) mass is 391 g/mol. The van der Waals surface area contributed by atoms with Crippen LogP contribution < -0.4 is 15.2 Å². The Balaban J connectivity index is 1.71. The lowest BCUT2D eigenvalue weighted by Crippen LogP contribution is -2.13. The van der Waals surface area contributed by atoms with E-state index in [0.717, 1.165) is 18.4 Å². The number of amides is 1. The molecule has 1 amide bonds. The van der Waals surface area contributed by atoms with E-state index in [4.69, 9.17) is 31.9 Å². The van der Waals surface area contributed by atoms with Crippen molar-refractivity contribution in [3.8, 4) is 11.5 Å². The van der Waals surface area contributed by atoms with Crippen LogP contribution in [0.3, 0.4) is 0 Å². The molecule has 2 aromatic rings. The van der Waals surface area contributed by atoms with E-state index in [2.05, 4.69) is 0 Å². The molecule has 0 unspecified atom stereocenters. The maximum absolute atomic E-state index is 11.3. The van der Waals surface area contributed by atoms with Gasteiger partial charge in [0.15, 0.2) is 0 Å². The largest absolute Gasteiger partial charge is 0.493 e. The minimum absolute atomic E-state index is 0.0649. The second-order valence-electron chi connectivity index (χ2n) is 5.92. The van der Waals surface area contributed by atoms with Crippen LogP contribution in [0.25, 0.3) is 0 Å². The molecule has 2 aromatic carbocycles. The van der Waals surface area contributed by atoms with E-state index in [9.17, 15) is 9.59 Å². The molecular formula is C20H22ClNO5. The summed E-state index contributed by atoms with van der Waals surface area (Å²) in [6.45, 7) is 0.907. The van der Waals surface area contributed by atoms with Crippen LogP contribution in [0, 0.1) is 0 Å². The van der Waals surface area contributed by atoms with Gasteiger partial charge in [0.1, 0.15) is 11.5 Å². The lowest BCUT2D eigenvalue weighted by atomic mass is 10.1. The fraction of sp³-hybridized carbons (Fsp3) is 0.300. The van der Waals surface area contributed by atoms with Gasteiger partial charge < -0.3 is 20.3 Å². The average molecular weight is 392 g/mol. The normalized spacial score (nSPS) is 10.4. The first kappa shape index (κ1) is 20.6. The molecule has 0 bridgehead atoms. The number of carbonyl (C=O) groups is 2. The second-order valence-corrected chi connectivity index (χ2v) is 6.33. The van der Waals surface area contributed by atoms with Crippen molar-refractivity contribution in [3.05, 3.63) is 58.6 Å². The Hall–Kier alpha value is -2.73. The van der Waals surface area contributed by atoms with Gasteiger partial charge in [-0.2, -0.15) is 0 Å². The molecule has 0 spiro atoms.